The van der Waals surface area contributed by atoms with Crippen molar-refractivity contribution in [1.82, 2.24) is 20.5 Å². The van der Waals surface area contributed by atoms with Crippen LogP contribution in [0.5, 0.6) is 11.5 Å². The van der Waals surface area contributed by atoms with Gasteiger partial charge >= 0.3 is 5.97 Å². The van der Waals surface area contributed by atoms with Crippen molar-refractivity contribution in [1.29, 1.82) is 0 Å². The van der Waals surface area contributed by atoms with Gasteiger partial charge in [0.1, 0.15) is 41.8 Å². The van der Waals surface area contributed by atoms with Crippen LogP contribution >= 0.6 is 11.6 Å². The Morgan fingerprint density at radius 3 is 2.69 bits per heavy atom. The van der Waals surface area contributed by atoms with Crippen molar-refractivity contribution in [2.45, 2.75) is 50.7 Å². The number of morpholine rings is 1. The number of aliphatic hydroxyl groups is 1. The van der Waals surface area contributed by atoms with Crippen molar-refractivity contribution in [2.24, 2.45) is 0 Å². The second kappa shape index (κ2) is 19.3. The summed E-state index contributed by atoms with van der Waals surface area (Å²) in [6, 6.07) is 17.1. The Morgan fingerprint density at radius 1 is 1.07 bits per heavy atom. The van der Waals surface area contributed by atoms with Crippen LogP contribution in [0.2, 0.25) is 5.02 Å². The summed E-state index contributed by atoms with van der Waals surface area (Å²) in [4.78, 5) is 14.8. The molecule has 0 saturated carbocycles. The average Bonchev–Trinajstić information content (AvgIpc) is 3.67. The SMILES string of the molecule is CCOC(=O)C(CO)NCc1cc(Cl)c(OCC2(OCCCCN3CCOCC3)C=CC=C(c3ccccc3)C2F)cc1OCc1ccc2nonc2c1. The zero-order chi connectivity index (χ0) is 37.8. The van der Waals surface area contributed by atoms with Crippen LogP contribution in [-0.4, -0.2) is 103 Å². The van der Waals surface area contributed by atoms with Crippen molar-refractivity contribution in [3.8, 4) is 11.5 Å². The van der Waals surface area contributed by atoms with Crippen molar-refractivity contribution >= 4 is 34.2 Å². The normalized spacial score (nSPS) is 19.4. The van der Waals surface area contributed by atoms with Crippen LogP contribution < -0.4 is 14.8 Å². The first-order valence-electron chi connectivity index (χ1n) is 18.2. The summed E-state index contributed by atoms with van der Waals surface area (Å²) >= 11 is 6.82. The average molecular weight is 765 g/mol. The molecule has 12 nitrogen and oxygen atoms in total. The maximum absolute atomic E-state index is 16.8. The lowest BCUT2D eigenvalue weighted by molar-refractivity contribution is -0.146. The van der Waals surface area contributed by atoms with E-state index in [-0.39, 0.29) is 37.1 Å². The molecule has 0 bridgehead atoms. The highest BCUT2D eigenvalue weighted by Gasteiger charge is 2.43. The van der Waals surface area contributed by atoms with E-state index in [0.29, 0.717) is 34.5 Å². The Kier molecular flexibility index (Phi) is 14.0. The maximum Gasteiger partial charge on any atom is 0.325 e. The van der Waals surface area contributed by atoms with Crippen molar-refractivity contribution in [3.63, 3.8) is 0 Å². The molecule has 0 radical (unpaired) electrons. The lowest BCUT2D eigenvalue weighted by Gasteiger charge is -2.37. The van der Waals surface area contributed by atoms with Gasteiger partial charge in [0.15, 0.2) is 11.8 Å². The predicted molar refractivity (Wildman–Crippen MR) is 201 cm³/mol. The standard InChI is InChI=1S/C40H46ClFN4O8/c1-2-50-39(48)35(25-47)43-24-30-22-32(41)37(23-36(30)51-26-28-12-13-33-34(21-28)45-54-44-33)52-27-40(53-18-7-6-15-46-16-19-49-20-17-46)14-8-11-31(38(40)42)29-9-4-3-5-10-29/h3-5,8-14,21-23,35,38,43,47H,2,6-7,15-20,24-27H2,1H3. The Hall–Kier alpha value is -4.37. The van der Waals surface area contributed by atoms with Gasteiger partial charge in [-0.15, -0.1) is 0 Å². The molecule has 2 heterocycles. The topological polar surface area (TPSA) is 138 Å². The summed E-state index contributed by atoms with van der Waals surface area (Å²) < 4.78 is 51.3. The van der Waals surface area contributed by atoms with Gasteiger partial charge in [0.25, 0.3) is 0 Å². The molecule has 54 heavy (non-hydrogen) atoms. The summed E-state index contributed by atoms with van der Waals surface area (Å²) in [7, 11) is 0. The van der Waals surface area contributed by atoms with E-state index in [1.807, 2.05) is 42.5 Å². The molecule has 3 aromatic carbocycles. The Morgan fingerprint density at radius 2 is 1.89 bits per heavy atom. The van der Waals surface area contributed by atoms with Gasteiger partial charge in [-0.3, -0.25) is 15.0 Å². The summed E-state index contributed by atoms with van der Waals surface area (Å²) in [5, 5.41) is 20.9. The molecular formula is C40H46ClFN4O8. The third-order valence-corrected chi connectivity index (χ3v) is 9.68. The van der Waals surface area contributed by atoms with Crippen molar-refractivity contribution in [3.05, 3.63) is 101 Å². The van der Waals surface area contributed by atoms with E-state index in [0.717, 1.165) is 56.8 Å². The third kappa shape index (κ3) is 10.0. The van der Waals surface area contributed by atoms with Gasteiger partial charge in [-0.05, 0) is 77.6 Å². The number of aliphatic hydroxyl groups excluding tert-OH is 1. The number of hydrogen-bond donors (Lipinski definition) is 2. The number of hydrogen-bond acceptors (Lipinski definition) is 12. The van der Waals surface area contributed by atoms with Gasteiger partial charge < -0.3 is 28.8 Å². The van der Waals surface area contributed by atoms with E-state index in [1.165, 1.54) is 0 Å². The first-order chi connectivity index (χ1) is 26.4. The molecule has 0 spiro atoms. The Labute approximate surface area is 318 Å². The number of fused-ring (bicyclic) bond motifs is 1. The van der Waals surface area contributed by atoms with E-state index < -0.39 is 30.4 Å². The highest BCUT2D eigenvalue weighted by atomic mass is 35.5. The lowest BCUT2D eigenvalue weighted by Crippen LogP contribution is -2.48. The fourth-order valence-electron chi connectivity index (χ4n) is 6.36. The molecule has 6 rings (SSSR count). The number of alkyl halides is 1. The number of esters is 1. The molecule has 2 N–H and O–H groups in total. The van der Waals surface area contributed by atoms with E-state index in [2.05, 4.69) is 20.5 Å². The minimum atomic E-state index is -1.54. The lowest BCUT2D eigenvalue weighted by atomic mass is 9.84. The Balaban J connectivity index is 1.22. The number of carbonyl (C=O) groups is 1. The van der Waals surface area contributed by atoms with Gasteiger partial charge in [-0.25, -0.2) is 9.02 Å². The third-order valence-electron chi connectivity index (χ3n) is 9.38. The smallest absolute Gasteiger partial charge is 0.325 e. The number of ether oxygens (including phenoxy) is 5. The molecule has 1 aliphatic carbocycles. The molecule has 4 aromatic rings. The van der Waals surface area contributed by atoms with Crippen LogP contribution in [0, 0.1) is 0 Å². The summed E-state index contributed by atoms with van der Waals surface area (Å²) in [6.45, 7) is 5.98. The molecule has 3 unspecified atom stereocenters. The van der Waals surface area contributed by atoms with Crippen LogP contribution in [0.15, 0.2) is 83.5 Å². The van der Waals surface area contributed by atoms with E-state index in [4.69, 9.17) is 39.9 Å². The maximum atomic E-state index is 16.8. The summed E-state index contributed by atoms with van der Waals surface area (Å²) in [6.07, 6.45) is 5.39. The van der Waals surface area contributed by atoms with Crippen LogP contribution in [0.1, 0.15) is 36.5 Å². The number of unbranched alkanes of at least 4 members (excludes halogenated alkanes) is 1. The van der Waals surface area contributed by atoms with Gasteiger partial charge in [-0.1, -0.05) is 60.2 Å². The first-order valence-corrected chi connectivity index (χ1v) is 18.6. The number of nitrogens with one attached hydrogen (secondary N) is 1. The highest BCUT2D eigenvalue weighted by Crippen LogP contribution is 2.39. The monoisotopic (exact) mass is 764 g/mol. The number of halogens is 2. The number of aromatic nitrogens is 2. The van der Waals surface area contributed by atoms with Crippen molar-refractivity contribution in [2.75, 3.05) is 59.3 Å². The molecule has 0 amide bonds. The zero-order valence-corrected chi connectivity index (χ0v) is 31.0. The van der Waals surface area contributed by atoms with Gasteiger partial charge in [0.2, 0.25) is 0 Å². The fourth-order valence-corrected chi connectivity index (χ4v) is 6.60. The van der Waals surface area contributed by atoms with Crippen LogP contribution in [0.4, 0.5) is 4.39 Å². The predicted octanol–water partition coefficient (Wildman–Crippen LogP) is 5.71. The summed E-state index contributed by atoms with van der Waals surface area (Å²) in [5.41, 5.74) is 2.37. The molecular weight excluding hydrogens is 719 g/mol. The van der Waals surface area contributed by atoms with E-state index >= 15 is 4.39 Å². The van der Waals surface area contributed by atoms with E-state index in [9.17, 15) is 9.90 Å². The second-order valence-electron chi connectivity index (χ2n) is 13.1. The van der Waals surface area contributed by atoms with Gasteiger partial charge in [0.05, 0.1) is 31.5 Å². The van der Waals surface area contributed by atoms with Crippen LogP contribution in [0.3, 0.4) is 0 Å². The van der Waals surface area contributed by atoms with Gasteiger partial charge in [-0.2, -0.15) is 0 Å². The Bertz CT molecular complexity index is 1890. The minimum Gasteiger partial charge on any atom is -0.488 e. The zero-order valence-electron chi connectivity index (χ0n) is 30.3. The molecule has 288 valence electrons. The number of carbonyl (C=O) groups excluding carboxylic acids is 1. The van der Waals surface area contributed by atoms with Crippen LogP contribution in [0.25, 0.3) is 16.6 Å². The molecule has 2 aliphatic rings. The second-order valence-corrected chi connectivity index (χ2v) is 13.5. The minimum absolute atomic E-state index is 0.101. The van der Waals surface area contributed by atoms with Gasteiger partial charge in [0, 0.05) is 37.9 Å². The highest BCUT2D eigenvalue weighted by molar-refractivity contribution is 6.32. The first kappa shape index (κ1) is 39.3. The molecule has 14 heteroatoms. The molecule has 3 atom stereocenters. The van der Waals surface area contributed by atoms with E-state index in [1.54, 1.807) is 43.3 Å². The van der Waals surface area contributed by atoms with Crippen LogP contribution in [-0.2, 0) is 32.2 Å². The number of rotatable bonds is 19. The molecule has 1 saturated heterocycles. The quantitative estimate of drug-likeness (QED) is 0.0895. The molecule has 1 fully saturated rings. The number of nitrogens with zero attached hydrogens (tertiary/aromatic N) is 3. The molecule has 1 aliphatic heterocycles. The number of allylic oxidation sites excluding steroid dienone is 2. The van der Waals surface area contributed by atoms with Crippen molar-refractivity contribution < 1.29 is 42.6 Å². The number of benzene rings is 3. The fraction of sp³-hybridized carbons (Fsp3) is 0.425. The largest absolute Gasteiger partial charge is 0.488 e. The summed E-state index contributed by atoms with van der Waals surface area (Å²) in [5.74, 6) is 0.0572. The molecule has 1 aromatic heterocycles.